The highest BCUT2D eigenvalue weighted by atomic mass is 32.2. The molecule has 0 aromatic carbocycles. The van der Waals surface area contributed by atoms with Gasteiger partial charge in [-0.2, -0.15) is 0 Å². The molecule has 120 valence electrons. The molecule has 0 unspecified atom stereocenters. The molecule has 0 fully saturated rings. The number of hydrogen-bond donors (Lipinski definition) is 1. The standard InChI is InChI=1S/C16H16N2O2S3/c1-2-13-7-8-15(22-13)23(19,20)18-11-12-5-3-9-17-16(12)14-6-4-10-21-14/h3-10,18H,2,11H2,1H3. The van der Waals surface area contributed by atoms with Gasteiger partial charge in [-0.15, -0.1) is 22.7 Å². The van der Waals surface area contributed by atoms with Crippen LogP contribution < -0.4 is 4.72 Å². The second-order valence-electron chi connectivity index (χ2n) is 4.89. The summed E-state index contributed by atoms with van der Waals surface area (Å²) in [6, 6.07) is 11.2. The third-order valence-electron chi connectivity index (χ3n) is 3.35. The van der Waals surface area contributed by atoms with Crippen LogP contribution in [0.15, 0.2) is 52.2 Å². The zero-order valence-electron chi connectivity index (χ0n) is 12.5. The lowest BCUT2D eigenvalue weighted by Crippen LogP contribution is -2.22. The number of thiophene rings is 2. The first-order valence-electron chi connectivity index (χ1n) is 7.16. The van der Waals surface area contributed by atoms with Gasteiger partial charge in [-0.25, -0.2) is 13.1 Å². The molecular formula is C16H16N2O2S3. The maximum absolute atomic E-state index is 12.4. The van der Waals surface area contributed by atoms with Crippen LogP contribution in [-0.4, -0.2) is 13.4 Å². The van der Waals surface area contributed by atoms with Crippen LogP contribution in [-0.2, 0) is 23.0 Å². The van der Waals surface area contributed by atoms with Gasteiger partial charge in [0.1, 0.15) is 4.21 Å². The quantitative estimate of drug-likeness (QED) is 0.721. The van der Waals surface area contributed by atoms with Crippen molar-refractivity contribution < 1.29 is 8.42 Å². The maximum Gasteiger partial charge on any atom is 0.250 e. The van der Waals surface area contributed by atoms with Crippen LogP contribution in [0.2, 0.25) is 0 Å². The van der Waals surface area contributed by atoms with Crippen molar-refractivity contribution in [2.24, 2.45) is 0 Å². The van der Waals surface area contributed by atoms with Gasteiger partial charge in [0, 0.05) is 17.6 Å². The molecule has 3 aromatic heterocycles. The molecule has 0 aliphatic carbocycles. The summed E-state index contributed by atoms with van der Waals surface area (Å²) in [5.41, 5.74) is 1.69. The van der Waals surface area contributed by atoms with Crippen LogP contribution in [0.5, 0.6) is 0 Å². The van der Waals surface area contributed by atoms with Crippen molar-refractivity contribution >= 4 is 32.7 Å². The molecule has 4 nitrogen and oxygen atoms in total. The third kappa shape index (κ3) is 3.69. The molecule has 23 heavy (non-hydrogen) atoms. The number of sulfonamides is 1. The predicted molar refractivity (Wildman–Crippen MR) is 95.3 cm³/mol. The Balaban J connectivity index is 1.81. The summed E-state index contributed by atoms with van der Waals surface area (Å²) in [6.07, 6.45) is 2.56. The minimum atomic E-state index is -3.49. The molecule has 7 heteroatoms. The van der Waals surface area contributed by atoms with Crippen molar-refractivity contribution in [2.75, 3.05) is 0 Å². The van der Waals surface area contributed by atoms with Crippen LogP contribution in [0.25, 0.3) is 10.6 Å². The smallest absolute Gasteiger partial charge is 0.250 e. The lowest BCUT2D eigenvalue weighted by atomic mass is 10.2. The van der Waals surface area contributed by atoms with E-state index in [-0.39, 0.29) is 6.54 Å². The van der Waals surface area contributed by atoms with E-state index in [2.05, 4.69) is 9.71 Å². The Labute approximate surface area is 143 Å². The van der Waals surface area contributed by atoms with Crippen LogP contribution in [0.1, 0.15) is 17.4 Å². The summed E-state index contributed by atoms with van der Waals surface area (Å²) in [5.74, 6) is 0. The van der Waals surface area contributed by atoms with E-state index in [9.17, 15) is 8.42 Å². The first kappa shape index (κ1) is 16.3. The van der Waals surface area contributed by atoms with E-state index < -0.39 is 10.0 Å². The molecule has 0 radical (unpaired) electrons. The Kier molecular flexibility index (Phi) is 4.91. The number of nitrogens with zero attached hydrogens (tertiary/aromatic N) is 1. The molecule has 0 saturated carbocycles. The molecule has 3 rings (SSSR count). The fraction of sp³-hybridized carbons (Fsp3) is 0.188. The Hall–Kier alpha value is -1.54. The number of aromatic nitrogens is 1. The maximum atomic E-state index is 12.4. The van der Waals surface area contributed by atoms with Gasteiger partial charge in [-0.05, 0) is 41.6 Å². The molecule has 0 bridgehead atoms. The molecule has 0 aliphatic heterocycles. The summed E-state index contributed by atoms with van der Waals surface area (Å²) >= 11 is 2.90. The summed E-state index contributed by atoms with van der Waals surface area (Å²) in [7, 11) is -3.49. The lowest BCUT2D eigenvalue weighted by molar-refractivity contribution is 0.583. The van der Waals surface area contributed by atoms with Gasteiger partial charge in [0.2, 0.25) is 10.0 Å². The Morgan fingerprint density at radius 3 is 2.74 bits per heavy atom. The summed E-state index contributed by atoms with van der Waals surface area (Å²) in [6.45, 7) is 2.24. The van der Waals surface area contributed by atoms with E-state index in [1.165, 1.54) is 11.3 Å². The van der Waals surface area contributed by atoms with E-state index in [1.807, 2.05) is 42.6 Å². The lowest BCUT2D eigenvalue weighted by Gasteiger charge is -2.08. The van der Waals surface area contributed by atoms with Gasteiger partial charge in [0.15, 0.2) is 0 Å². The Morgan fingerprint density at radius 1 is 1.17 bits per heavy atom. The highest BCUT2D eigenvalue weighted by molar-refractivity contribution is 7.91. The van der Waals surface area contributed by atoms with Gasteiger partial charge < -0.3 is 0 Å². The molecule has 0 aliphatic rings. The van der Waals surface area contributed by atoms with Crippen LogP contribution in [0, 0.1) is 0 Å². The molecule has 3 aromatic rings. The van der Waals surface area contributed by atoms with Gasteiger partial charge in [-0.3, -0.25) is 4.98 Å². The first-order valence-corrected chi connectivity index (χ1v) is 10.3. The zero-order chi connectivity index (χ0) is 16.3. The van der Waals surface area contributed by atoms with E-state index in [1.54, 1.807) is 23.6 Å². The van der Waals surface area contributed by atoms with Gasteiger partial charge in [-0.1, -0.05) is 19.1 Å². The van der Waals surface area contributed by atoms with E-state index in [0.717, 1.165) is 27.4 Å². The molecule has 3 heterocycles. The van der Waals surface area contributed by atoms with Crippen molar-refractivity contribution in [3.63, 3.8) is 0 Å². The topological polar surface area (TPSA) is 59.1 Å². The number of aryl methyl sites for hydroxylation is 1. The van der Waals surface area contributed by atoms with Crippen LogP contribution in [0.4, 0.5) is 0 Å². The normalized spacial score (nSPS) is 11.7. The molecule has 1 N–H and O–H groups in total. The SMILES string of the molecule is CCc1ccc(S(=O)(=O)NCc2cccnc2-c2cccs2)s1. The molecule has 0 amide bonds. The third-order valence-corrected chi connectivity index (χ3v) is 7.35. The Morgan fingerprint density at radius 2 is 2.04 bits per heavy atom. The molecule has 0 saturated heterocycles. The van der Waals surface area contributed by atoms with Crippen LogP contribution >= 0.6 is 22.7 Å². The average Bonchev–Trinajstić information content (AvgIpc) is 3.24. The summed E-state index contributed by atoms with van der Waals surface area (Å²) in [5, 5.41) is 1.98. The predicted octanol–water partition coefficient (Wildman–Crippen LogP) is 3.91. The minimum absolute atomic E-state index is 0.225. The molecule has 0 spiro atoms. The number of pyridine rings is 1. The van der Waals surface area contributed by atoms with Gasteiger partial charge in [0.25, 0.3) is 0 Å². The highest BCUT2D eigenvalue weighted by Gasteiger charge is 2.17. The van der Waals surface area contributed by atoms with Crippen molar-refractivity contribution in [1.29, 1.82) is 0 Å². The van der Waals surface area contributed by atoms with Crippen molar-refractivity contribution in [3.8, 4) is 10.6 Å². The Bertz CT molecular complexity index is 884. The monoisotopic (exact) mass is 364 g/mol. The van der Waals surface area contributed by atoms with Gasteiger partial charge in [0.05, 0.1) is 10.6 Å². The summed E-state index contributed by atoms with van der Waals surface area (Å²) in [4.78, 5) is 6.48. The second-order valence-corrected chi connectivity index (χ2v) is 9.00. The van der Waals surface area contributed by atoms with E-state index in [0.29, 0.717) is 4.21 Å². The fourth-order valence-electron chi connectivity index (χ4n) is 2.15. The molecule has 0 atom stereocenters. The molecular weight excluding hydrogens is 348 g/mol. The number of rotatable bonds is 6. The summed E-state index contributed by atoms with van der Waals surface area (Å²) < 4.78 is 27.9. The van der Waals surface area contributed by atoms with Crippen molar-refractivity contribution in [1.82, 2.24) is 9.71 Å². The zero-order valence-corrected chi connectivity index (χ0v) is 15.0. The number of hydrogen-bond acceptors (Lipinski definition) is 5. The minimum Gasteiger partial charge on any atom is -0.255 e. The highest BCUT2D eigenvalue weighted by Crippen LogP contribution is 2.26. The van der Waals surface area contributed by atoms with Gasteiger partial charge >= 0.3 is 0 Å². The largest absolute Gasteiger partial charge is 0.255 e. The van der Waals surface area contributed by atoms with E-state index in [4.69, 9.17) is 0 Å². The number of nitrogens with one attached hydrogen (secondary N) is 1. The van der Waals surface area contributed by atoms with Crippen molar-refractivity contribution in [3.05, 3.63) is 58.4 Å². The second kappa shape index (κ2) is 6.92. The average molecular weight is 365 g/mol. The van der Waals surface area contributed by atoms with E-state index >= 15 is 0 Å². The fourth-order valence-corrected chi connectivity index (χ4v) is 5.26. The van der Waals surface area contributed by atoms with Crippen LogP contribution in [0.3, 0.4) is 0 Å². The first-order chi connectivity index (χ1) is 11.1. The van der Waals surface area contributed by atoms with Crippen molar-refractivity contribution in [2.45, 2.75) is 24.1 Å².